The summed E-state index contributed by atoms with van der Waals surface area (Å²) < 4.78 is 41.5. The summed E-state index contributed by atoms with van der Waals surface area (Å²) in [5.74, 6) is -0.798. The van der Waals surface area contributed by atoms with Gasteiger partial charge in [0.2, 0.25) is 10.0 Å². The van der Waals surface area contributed by atoms with Crippen LogP contribution in [0.5, 0.6) is 0 Å². The molecule has 2 rings (SSSR count). The molecule has 0 aliphatic heterocycles. The molecule has 2 aromatic rings. The number of hydrogen-bond acceptors (Lipinski definition) is 4. The Morgan fingerprint density at radius 3 is 2.28 bits per heavy atom. The number of alkyl halides is 1. The van der Waals surface area contributed by atoms with Crippen molar-refractivity contribution >= 4 is 21.6 Å². The molecule has 25 heavy (non-hydrogen) atoms. The predicted molar refractivity (Wildman–Crippen MR) is 91.9 cm³/mol. The maximum absolute atomic E-state index is 14.1. The molecule has 0 aliphatic rings. The fourth-order valence-corrected chi connectivity index (χ4v) is 3.74. The zero-order valence-corrected chi connectivity index (χ0v) is 15.0. The zero-order chi connectivity index (χ0) is 18.8. The minimum Gasteiger partial charge on any atom is -0.263 e. The van der Waals surface area contributed by atoms with Crippen LogP contribution in [0.25, 0.3) is 0 Å². The number of nitrogens with zero attached hydrogens (tertiary/aromatic N) is 1. The molecule has 6 nitrogen and oxygen atoms in total. The van der Waals surface area contributed by atoms with E-state index < -0.39 is 31.8 Å². The highest BCUT2D eigenvalue weighted by Crippen LogP contribution is 2.35. The molecule has 0 heterocycles. The van der Waals surface area contributed by atoms with E-state index in [4.69, 9.17) is 11.6 Å². The number of rotatable bonds is 6. The van der Waals surface area contributed by atoms with E-state index in [-0.39, 0.29) is 10.5 Å². The van der Waals surface area contributed by atoms with Gasteiger partial charge in [0.25, 0.3) is 0 Å². The molecule has 0 fully saturated rings. The molecular weight excluding hydrogens is 371 g/mol. The van der Waals surface area contributed by atoms with Crippen LogP contribution in [-0.4, -0.2) is 18.3 Å². The van der Waals surface area contributed by atoms with Gasteiger partial charge in [-0.05, 0) is 36.7 Å². The van der Waals surface area contributed by atoms with E-state index >= 15 is 0 Å². The van der Waals surface area contributed by atoms with Crippen LogP contribution < -0.4 is 4.72 Å². The fraction of sp³-hybridized carbons (Fsp3) is 0.250. The third-order valence-corrected chi connectivity index (χ3v) is 5.50. The number of nitrogens with one attached hydrogen (secondary N) is 1. The van der Waals surface area contributed by atoms with Gasteiger partial charge >= 0.3 is 5.00 Å². The summed E-state index contributed by atoms with van der Waals surface area (Å²) in [5, 5.41) is 11.3. The number of aryl methyl sites for hydroxylation is 1. The summed E-state index contributed by atoms with van der Waals surface area (Å²) >= 11 is 5.97. The lowest BCUT2D eigenvalue weighted by atomic mass is 10.0. The van der Waals surface area contributed by atoms with Crippen molar-refractivity contribution in [3.8, 4) is 0 Å². The highest BCUT2D eigenvalue weighted by molar-refractivity contribution is 7.89. The third kappa shape index (κ3) is 4.15. The molecule has 1 N–H and O–H groups in total. The maximum Gasteiger partial charge on any atom is 0.312 e. The molecule has 0 spiro atoms. The summed E-state index contributed by atoms with van der Waals surface area (Å²) in [6.07, 6.45) is 0. The van der Waals surface area contributed by atoms with Gasteiger partial charge in [-0.2, -0.15) is 4.72 Å². The lowest BCUT2D eigenvalue weighted by molar-refractivity contribution is -0.542. The van der Waals surface area contributed by atoms with E-state index in [2.05, 4.69) is 4.72 Å². The van der Waals surface area contributed by atoms with E-state index in [0.717, 1.165) is 18.6 Å². The third-order valence-electron chi connectivity index (χ3n) is 3.70. The minimum atomic E-state index is -4.16. The van der Waals surface area contributed by atoms with Crippen LogP contribution in [0.3, 0.4) is 0 Å². The summed E-state index contributed by atoms with van der Waals surface area (Å²) in [5.41, 5.74) is 0.629. The van der Waals surface area contributed by atoms with Gasteiger partial charge in [0.05, 0.1) is 4.90 Å². The summed E-state index contributed by atoms with van der Waals surface area (Å²) in [4.78, 5) is 8.08. The first-order valence-corrected chi connectivity index (χ1v) is 9.08. The lowest BCUT2D eigenvalue weighted by Gasteiger charge is -2.26. The van der Waals surface area contributed by atoms with E-state index in [1.54, 1.807) is 19.1 Å². The quantitative estimate of drug-likeness (QED) is 0.356. The maximum atomic E-state index is 14.1. The van der Waals surface area contributed by atoms with Crippen molar-refractivity contribution in [1.29, 1.82) is 0 Å². The molecule has 9 heteroatoms. The van der Waals surface area contributed by atoms with Gasteiger partial charge in [-0.3, -0.25) is 10.1 Å². The Morgan fingerprint density at radius 1 is 1.20 bits per heavy atom. The van der Waals surface area contributed by atoms with Crippen LogP contribution in [0.1, 0.15) is 24.1 Å². The van der Waals surface area contributed by atoms with Crippen LogP contribution in [0.2, 0.25) is 0 Å². The summed E-state index contributed by atoms with van der Waals surface area (Å²) in [6.45, 7) is 2.80. The van der Waals surface area contributed by atoms with Gasteiger partial charge in [0.15, 0.2) is 0 Å². The van der Waals surface area contributed by atoms with Crippen molar-refractivity contribution in [3.05, 3.63) is 75.6 Å². The number of benzene rings is 2. The Hall–Kier alpha value is -2.03. The highest BCUT2D eigenvalue weighted by atomic mass is 35.5. The van der Waals surface area contributed by atoms with Crippen LogP contribution >= 0.6 is 11.6 Å². The molecular formula is C16H16ClFN2O4S. The average Bonchev–Trinajstić information content (AvgIpc) is 2.53. The van der Waals surface area contributed by atoms with Gasteiger partial charge in [0.1, 0.15) is 11.9 Å². The van der Waals surface area contributed by atoms with E-state index in [0.29, 0.717) is 0 Å². The van der Waals surface area contributed by atoms with E-state index in [1.165, 1.54) is 30.3 Å². The van der Waals surface area contributed by atoms with Crippen molar-refractivity contribution < 1.29 is 17.7 Å². The Bertz CT molecular complexity index is 885. The second kappa shape index (κ2) is 7.07. The van der Waals surface area contributed by atoms with Gasteiger partial charge in [-0.1, -0.05) is 35.9 Å². The molecule has 0 saturated carbocycles. The zero-order valence-electron chi connectivity index (χ0n) is 13.4. The Labute approximate surface area is 149 Å². The highest BCUT2D eigenvalue weighted by Gasteiger charge is 2.48. The van der Waals surface area contributed by atoms with Crippen LogP contribution in [0, 0.1) is 22.9 Å². The van der Waals surface area contributed by atoms with Crippen LogP contribution in [0.4, 0.5) is 4.39 Å². The first kappa shape index (κ1) is 19.3. The largest absolute Gasteiger partial charge is 0.312 e. The van der Waals surface area contributed by atoms with Crippen LogP contribution in [-0.2, 0) is 10.0 Å². The predicted octanol–water partition coefficient (Wildman–Crippen LogP) is 3.39. The van der Waals surface area contributed by atoms with Crippen LogP contribution in [0.15, 0.2) is 53.4 Å². The molecule has 0 amide bonds. The van der Waals surface area contributed by atoms with Gasteiger partial charge < -0.3 is 0 Å². The molecule has 134 valence electrons. The fourth-order valence-electron chi connectivity index (χ4n) is 2.21. The summed E-state index contributed by atoms with van der Waals surface area (Å²) in [6, 6.07) is 9.43. The molecule has 0 unspecified atom stereocenters. The lowest BCUT2D eigenvalue weighted by Crippen LogP contribution is -2.45. The standard InChI is InChI=1S/C16H16ClFN2O4S/c1-11-7-9-12(10-8-11)25(23,24)19-15(16(2,17)20(21)22)13-5-3-4-6-14(13)18/h3-10,15,19H,1-2H3/t15-,16+/m0/s1. The molecule has 0 saturated heterocycles. The Morgan fingerprint density at radius 2 is 1.76 bits per heavy atom. The number of nitro groups is 1. The molecule has 0 radical (unpaired) electrons. The Balaban J connectivity index is 2.52. The van der Waals surface area contributed by atoms with Crippen molar-refractivity contribution in [2.75, 3.05) is 0 Å². The smallest absolute Gasteiger partial charge is 0.263 e. The molecule has 0 aliphatic carbocycles. The number of hydrogen-bond donors (Lipinski definition) is 1. The molecule has 0 aromatic heterocycles. The molecule has 2 aromatic carbocycles. The SMILES string of the molecule is Cc1ccc(S(=O)(=O)N[C@@H](c2ccccc2F)[C@](C)(Cl)[N+](=O)[O-])cc1. The molecule has 2 atom stereocenters. The minimum absolute atomic E-state index is 0.102. The second-order valence-corrected chi connectivity index (χ2v) is 8.15. The molecule has 0 bridgehead atoms. The van der Waals surface area contributed by atoms with E-state index in [1.807, 2.05) is 0 Å². The first-order chi connectivity index (χ1) is 11.6. The van der Waals surface area contributed by atoms with Crippen molar-refractivity contribution in [1.82, 2.24) is 4.72 Å². The first-order valence-electron chi connectivity index (χ1n) is 7.22. The van der Waals surface area contributed by atoms with Crippen molar-refractivity contribution in [3.63, 3.8) is 0 Å². The number of halogens is 2. The van der Waals surface area contributed by atoms with Gasteiger partial charge in [-0.25, -0.2) is 12.8 Å². The second-order valence-electron chi connectivity index (χ2n) is 5.67. The summed E-state index contributed by atoms with van der Waals surface area (Å²) in [7, 11) is -4.16. The van der Waals surface area contributed by atoms with Gasteiger partial charge in [0, 0.05) is 17.4 Å². The van der Waals surface area contributed by atoms with E-state index in [9.17, 15) is 22.9 Å². The average molecular weight is 387 g/mol. The van der Waals surface area contributed by atoms with Crippen molar-refractivity contribution in [2.45, 2.75) is 29.8 Å². The van der Waals surface area contributed by atoms with Gasteiger partial charge in [-0.15, -0.1) is 0 Å². The monoisotopic (exact) mass is 386 g/mol. The number of sulfonamides is 1. The topological polar surface area (TPSA) is 89.3 Å². The van der Waals surface area contributed by atoms with Crippen molar-refractivity contribution in [2.24, 2.45) is 0 Å². The Kier molecular flexibility index (Phi) is 5.46. The normalized spacial score (nSPS) is 15.4.